The summed E-state index contributed by atoms with van der Waals surface area (Å²) >= 11 is 0. The minimum atomic E-state index is -1.88. The summed E-state index contributed by atoms with van der Waals surface area (Å²) in [4.78, 5) is 10.5. The average Bonchev–Trinajstić information content (AvgIpc) is 2.43. The third-order valence-corrected chi connectivity index (χ3v) is 2.86. The summed E-state index contributed by atoms with van der Waals surface area (Å²) in [6.45, 7) is 0. The highest BCUT2D eigenvalue weighted by Crippen LogP contribution is 2.64. The van der Waals surface area contributed by atoms with Crippen molar-refractivity contribution >= 4 is 5.91 Å². The Morgan fingerprint density at radius 1 is 1.55 bits per heavy atom. The number of carbonyl (C=O) groups excluding carboxylic acids is 1. The largest absolute Gasteiger partial charge is 0.369 e. The van der Waals surface area contributed by atoms with Gasteiger partial charge in [-0.05, 0) is 12.8 Å². The predicted molar refractivity (Wildman–Crippen MR) is 34.1 cm³/mol. The summed E-state index contributed by atoms with van der Waals surface area (Å²) < 4.78 is 26.1. The summed E-state index contributed by atoms with van der Waals surface area (Å²) in [7, 11) is 0. The van der Waals surface area contributed by atoms with E-state index < -0.39 is 29.6 Å². The molecule has 0 aliphatic heterocycles. The molecule has 4 heteroatoms. The molecule has 0 radical (unpaired) electrons. The van der Waals surface area contributed by atoms with Crippen LogP contribution in [0.15, 0.2) is 0 Å². The minimum Gasteiger partial charge on any atom is -0.369 e. The Hall–Kier alpha value is -0.670. The lowest BCUT2D eigenvalue weighted by Crippen LogP contribution is -2.26. The first kappa shape index (κ1) is 7.00. The lowest BCUT2D eigenvalue weighted by Gasteiger charge is -2.07. The Bertz CT molecular complexity index is 220. The van der Waals surface area contributed by atoms with Gasteiger partial charge in [0, 0.05) is 5.92 Å². The summed E-state index contributed by atoms with van der Waals surface area (Å²) in [6.07, 6.45) is -0.763. The number of alkyl halides is 2. The minimum absolute atomic E-state index is 0.241. The molecule has 2 saturated carbocycles. The van der Waals surface area contributed by atoms with Gasteiger partial charge in [0.05, 0.1) is 5.92 Å². The van der Waals surface area contributed by atoms with Crippen molar-refractivity contribution in [3.8, 4) is 0 Å². The van der Waals surface area contributed by atoms with Gasteiger partial charge in [0.15, 0.2) is 5.67 Å². The Morgan fingerprint density at radius 2 is 2.18 bits per heavy atom. The molecule has 0 saturated heterocycles. The first-order chi connectivity index (χ1) is 5.08. The van der Waals surface area contributed by atoms with Gasteiger partial charge in [-0.1, -0.05) is 0 Å². The fourth-order valence-electron chi connectivity index (χ4n) is 2.23. The predicted octanol–water partition coefficient (Wildman–Crippen LogP) is 0.558. The highest BCUT2D eigenvalue weighted by Gasteiger charge is 2.76. The maximum Gasteiger partial charge on any atom is 0.224 e. The molecule has 4 unspecified atom stereocenters. The van der Waals surface area contributed by atoms with E-state index in [9.17, 15) is 13.6 Å². The zero-order valence-corrected chi connectivity index (χ0v) is 5.89. The zero-order chi connectivity index (χ0) is 8.22. The molecule has 4 atom stereocenters. The summed E-state index contributed by atoms with van der Waals surface area (Å²) in [5.74, 6) is -1.96. The van der Waals surface area contributed by atoms with Gasteiger partial charge >= 0.3 is 0 Å². The van der Waals surface area contributed by atoms with Gasteiger partial charge in [-0.25, -0.2) is 8.78 Å². The number of primary amides is 1. The number of fused-ring (bicyclic) bond motifs is 1. The van der Waals surface area contributed by atoms with Gasteiger partial charge in [-0.15, -0.1) is 0 Å². The molecule has 2 rings (SSSR count). The van der Waals surface area contributed by atoms with Crippen LogP contribution >= 0.6 is 0 Å². The van der Waals surface area contributed by atoms with Crippen LogP contribution < -0.4 is 5.73 Å². The van der Waals surface area contributed by atoms with E-state index in [1.165, 1.54) is 0 Å². The number of carbonyl (C=O) groups is 1. The van der Waals surface area contributed by atoms with E-state index in [-0.39, 0.29) is 6.42 Å². The third kappa shape index (κ3) is 0.625. The van der Waals surface area contributed by atoms with Crippen molar-refractivity contribution in [1.82, 2.24) is 0 Å². The quantitative estimate of drug-likeness (QED) is 0.599. The molecule has 62 valence electrons. The topological polar surface area (TPSA) is 43.1 Å². The molecule has 0 aromatic carbocycles. The molecule has 2 aliphatic rings. The van der Waals surface area contributed by atoms with E-state index in [4.69, 9.17) is 5.73 Å². The van der Waals surface area contributed by atoms with Crippen molar-refractivity contribution in [3.05, 3.63) is 0 Å². The number of amides is 1. The van der Waals surface area contributed by atoms with Crippen molar-refractivity contribution in [1.29, 1.82) is 0 Å². The van der Waals surface area contributed by atoms with Crippen LogP contribution in [0.1, 0.15) is 12.8 Å². The fourth-order valence-corrected chi connectivity index (χ4v) is 2.23. The number of hydrogen-bond acceptors (Lipinski definition) is 1. The second-order valence-corrected chi connectivity index (χ2v) is 3.36. The molecule has 2 aliphatic carbocycles. The van der Waals surface area contributed by atoms with Gasteiger partial charge in [-0.2, -0.15) is 0 Å². The first-order valence-electron chi connectivity index (χ1n) is 3.70. The molecule has 11 heavy (non-hydrogen) atoms. The van der Waals surface area contributed by atoms with Gasteiger partial charge in [0.1, 0.15) is 6.17 Å². The molecular formula is C7H9F2NO. The first-order valence-corrected chi connectivity index (χ1v) is 3.70. The van der Waals surface area contributed by atoms with E-state index in [1.54, 1.807) is 0 Å². The highest BCUT2D eigenvalue weighted by molar-refractivity contribution is 5.83. The van der Waals surface area contributed by atoms with Gasteiger partial charge < -0.3 is 5.73 Å². The molecule has 0 spiro atoms. The Kier molecular flexibility index (Phi) is 1.10. The van der Waals surface area contributed by atoms with Crippen molar-refractivity contribution in [3.63, 3.8) is 0 Å². The number of halogens is 2. The van der Waals surface area contributed by atoms with Crippen LogP contribution in [-0.2, 0) is 4.79 Å². The molecular weight excluding hydrogens is 152 g/mol. The Labute approximate surface area is 62.7 Å². The second kappa shape index (κ2) is 1.73. The third-order valence-electron chi connectivity index (χ3n) is 2.86. The second-order valence-electron chi connectivity index (χ2n) is 3.36. The smallest absolute Gasteiger partial charge is 0.224 e. The number of nitrogens with two attached hydrogens (primary N) is 1. The zero-order valence-electron chi connectivity index (χ0n) is 5.89. The Morgan fingerprint density at radius 3 is 2.45 bits per heavy atom. The van der Waals surface area contributed by atoms with Crippen molar-refractivity contribution in [2.45, 2.75) is 24.7 Å². The van der Waals surface area contributed by atoms with Gasteiger partial charge in [-0.3, -0.25) is 4.79 Å². The number of hydrogen-bond donors (Lipinski definition) is 1. The van der Waals surface area contributed by atoms with Crippen LogP contribution in [0.3, 0.4) is 0 Å². The van der Waals surface area contributed by atoms with Crippen LogP contribution in [0.2, 0.25) is 0 Å². The van der Waals surface area contributed by atoms with Crippen molar-refractivity contribution < 1.29 is 13.6 Å². The molecule has 0 aromatic heterocycles. The fraction of sp³-hybridized carbons (Fsp3) is 0.857. The molecule has 0 aromatic rings. The van der Waals surface area contributed by atoms with Crippen LogP contribution in [0.4, 0.5) is 8.78 Å². The molecule has 0 bridgehead atoms. The lowest BCUT2D eigenvalue weighted by molar-refractivity contribution is -0.121. The van der Waals surface area contributed by atoms with Crippen LogP contribution in [-0.4, -0.2) is 17.7 Å². The molecule has 2 nitrogen and oxygen atoms in total. The molecule has 0 heterocycles. The molecule has 2 fully saturated rings. The lowest BCUT2D eigenvalue weighted by atomic mass is 10.1. The molecule has 1 amide bonds. The van der Waals surface area contributed by atoms with E-state index in [0.717, 1.165) is 0 Å². The summed E-state index contributed by atoms with van der Waals surface area (Å²) in [5.41, 5.74) is 3.01. The van der Waals surface area contributed by atoms with Crippen LogP contribution in [0.5, 0.6) is 0 Å². The van der Waals surface area contributed by atoms with E-state index >= 15 is 0 Å². The van der Waals surface area contributed by atoms with Crippen LogP contribution in [0.25, 0.3) is 0 Å². The van der Waals surface area contributed by atoms with Gasteiger partial charge in [0.25, 0.3) is 0 Å². The highest BCUT2D eigenvalue weighted by atomic mass is 19.2. The summed E-state index contributed by atoms with van der Waals surface area (Å²) in [5, 5.41) is 0. The van der Waals surface area contributed by atoms with Crippen molar-refractivity contribution in [2.24, 2.45) is 17.6 Å². The molecule has 2 N–H and O–H groups in total. The average molecular weight is 161 g/mol. The van der Waals surface area contributed by atoms with Gasteiger partial charge in [0.2, 0.25) is 5.91 Å². The van der Waals surface area contributed by atoms with E-state index in [1.807, 2.05) is 0 Å². The van der Waals surface area contributed by atoms with Crippen LogP contribution in [0, 0.1) is 11.8 Å². The van der Waals surface area contributed by atoms with E-state index in [2.05, 4.69) is 0 Å². The number of rotatable bonds is 1. The maximum absolute atomic E-state index is 13.3. The standard InChI is InChI=1S/C7H9F2NO/c8-4-2-1-3-5(6(10)11)7(3,4)9/h3-5H,1-2H2,(H2,10,11). The van der Waals surface area contributed by atoms with Crippen molar-refractivity contribution in [2.75, 3.05) is 0 Å². The SMILES string of the molecule is NC(=O)C1C2CCC(F)C21F. The Balaban J connectivity index is 2.19. The maximum atomic E-state index is 13.3. The van der Waals surface area contributed by atoms with E-state index in [0.29, 0.717) is 6.42 Å². The monoisotopic (exact) mass is 161 g/mol. The normalized spacial score (nSPS) is 53.8. The summed E-state index contributed by atoms with van der Waals surface area (Å²) in [6, 6.07) is 0.